The van der Waals surface area contributed by atoms with Crippen molar-refractivity contribution in [1.29, 1.82) is 0 Å². The minimum atomic E-state index is -0.0181. The van der Waals surface area contributed by atoms with Crippen LogP contribution in [0.3, 0.4) is 0 Å². The number of nitrogens with zero attached hydrogens (tertiary/aromatic N) is 1. The van der Waals surface area contributed by atoms with Crippen molar-refractivity contribution in [2.75, 3.05) is 19.8 Å². The highest BCUT2D eigenvalue weighted by Crippen LogP contribution is 2.12. The van der Waals surface area contributed by atoms with E-state index in [-0.39, 0.29) is 5.91 Å². The third-order valence-electron chi connectivity index (χ3n) is 1.75. The number of nitrogens with two attached hydrogens (primary N) is 1. The largest absolute Gasteiger partial charge is 0.399 e. The Bertz CT molecular complexity index is 311. The molecule has 0 atom stereocenters. The Balaban J connectivity index is 3.08. The fourth-order valence-corrected chi connectivity index (χ4v) is 1.19. The van der Waals surface area contributed by atoms with Crippen molar-refractivity contribution in [2.24, 2.45) is 0 Å². The molecule has 70 valence electrons. The SMILES string of the molecule is Cc1cc(N)cc(C(=O)N(C)C)c1. The maximum Gasteiger partial charge on any atom is 0.253 e. The summed E-state index contributed by atoms with van der Waals surface area (Å²) >= 11 is 0. The summed E-state index contributed by atoms with van der Waals surface area (Å²) in [6, 6.07) is 5.36. The lowest BCUT2D eigenvalue weighted by Crippen LogP contribution is -2.21. The highest BCUT2D eigenvalue weighted by Gasteiger charge is 2.08. The van der Waals surface area contributed by atoms with Crippen LogP contribution in [-0.4, -0.2) is 24.9 Å². The van der Waals surface area contributed by atoms with Gasteiger partial charge in [0.2, 0.25) is 0 Å². The van der Waals surface area contributed by atoms with Crippen molar-refractivity contribution in [3.8, 4) is 0 Å². The number of nitrogen functional groups attached to an aromatic ring is 1. The second-order valence-electron chi connectivity index (χ2n) is 3.33. The molecule has 1 aromatic rings. The number of hydrogen-bond acceptors (Lipinski definition) is 2. The van der Waals surface area contributed by atoms with Crippen LogP contribution in [0.1, 0.15) is 15.9 Å². The first-order valence-electron chi connectivity index (χ1n) is 4.09. The lowest BCUT2D eigenvalue weighted by Gasteiger charge is -2.11. The van der Waals surface area contributed by atoms with Gasteiger partial charge < -0.3 is 10.6 Å². The third kappa shape index (κ3) is 2.21. The van der Waals surface area contributed by atoms with Crippen LogP contribution in [0.2, 0.25) is 0 Å². The van der Waals surface area contributed by atoms with Crippen LogP contribution in [0.15, 0.2) is 18.2 Å². The predicted octanol–water partition coefficient (Wildman–Crippen LogP) is 1.28. The van der Waals surface area contributed by atoms with Gasteiger partial charge in [-0.1, -0.05) is 0 Å². The zero-order valence-electron chi connectivity index (χ0n) is 8.16. The first-order chi connectivity index (χ1) is 6.00. The Morgan fingerprint density at radius 3 is 2.38 bits per heavy atom. The molecule has 0 aliphatic carbocycles. The molecule has 0 unspecified atom stereocenters. The van der Waals surface area contributed by atoms with Gasteiger partial charge in [0.05, 0.1) is 0 Å². The molecular weight excluding hydrogens is 164 g/mol. The summed E-state index contributed by atoms with van der Waals surface area (Å²) in [5.74, 6) is -0.0181. The minimum absolute atomic E-state index is 0.0181. The van der Waals surface area contributed by atoms with Gasteiger partial charge in [-0.3, -0.25) is 4.79 Å². The van der Waals surface area contributed by atoms with Crippen molar-refractivity contribution < 1.29 is 4.79 Å². The van der Waals surface area contributed by atoms with Gasteiger partial charge in [0.15, 0.2) is 0 Å². The van der Waals surface area contributed by atoms with Gasteiger partial charge in [0.25, 0.3) is 5.91 Å². The summed E-state index contributed by atoms with van der Waals surface area (Å²) < 4.78 is 0. The average molecular weight is 178 g/mol. The number of anilines is 1. The Hall–Kier alpha value is -1.51. The Morgan fingerprint density at radius 2 is 1.92 bits per heavy atom. The van der Waals surface area contributed by atoms with Crippen molar-refractivity contribution in [3.63, 3.8) is 0 Å². The number of hydrogen-bond donors (Lipinski definition) is 1. The Labute approximate surface area is 78.2 Å². The molecule has 0 saturated heterocycles. The van der Waals surface area contributed by atoms with Crippen LogP contribution < -0.4 is 5.73 Å². The molecule has 2 N–H and O–H groups in total. The summed E-state index contributed by atoms with van der Waals surface area (Å²) in [5.41, 5.74) is 7.90. The van der Waals surface area contributed by atoms with Crippen LogP contribution in [0.5, 0.6) is 0 Å². The second-order valence-corrected chi connectivity index (χ2v) is 3.33. The molecule has 0 fully saturated rings. The Kier molecular flexibility index (Phi) is 2.56. The maximum absolute atomic E-state index is 11.5. The first kappa shape index (κ1) is 9.58. The average Bonchev–Trinajstić information content (AvgIpc) is 2.01. The van der Waals surface area contributed by atoms with Gasteiger partial charge in [-0.25, -0.2) is 0 Å². The Morgan fingerprint density at radius 1 is 1.31 bits per heavy atom. The third-order valence-corrected chi connectivity index (χ3v) is 1.75. The molecule has 3 nitrogen and oxygen atoms in total. The van der Waals surface area contributed by atoms with E-state index in [9.17, 15) is 4.79 Å². The van der Waals surface area contributed by atoms with E-state index in [0.29, 0.717) is 11.3 Å². The standard InChI is InChI=1S/C10H14N2O/c1-7-4-8(6-9(11)5-7)10(13)12(2)3/h4-6H,11H2,1-3H3. The van der Waals surface area contributed by atoms with E-state index < -0.39 is 0 Å². The van der Waals surface area contributed by atoms with Crippen molar-refractivity contribution in [1.82, 2.24) is 4.90 Å². The minimum Gasteiger partial charge on any atom is -0.399 e. The fraction of sp³-hybridized carbons (Fsp3) is 0.300. The number of carbonyl (C=O) groups excluding carboxylic acids is 1. The van der Waals surface area contributed by atoms with Gasteiger partial charge in [-0.15, -0.1) is 0 Å². The van der Waals surface area contributed by atoms with Crippen LogP contribution in [0.25, 0.3) is 0 Å². The van der Waals surface area contributed by atoms with Crippen LogP contribution in [0.4, 0.5) is 5.69 Å². The summed E-state index contributed by atoms with van der Waals surface area (Å²) in [7, 11) is 3.45. The monoisotopic (exact) mass is 178 g/mol. The van der Waals surface area contributed by atoms with E-state index >= 15 is 0 Å². The molecule has 3 heteroatoms. The molecule has 0 aliphatic heterocycles. The van der Waals surface area contributed by atoms with E-state index in [1.807, 2.05) is 19.1 Å². The van der Waals surface area contributed by atoms with Crippen molar-refractivity contribution in [2.45, 2.75) is 6.92 Å². The van der Waals surface area contributed by atoms with E-state index in [2.05, 4.69) is 0 Å². The predicted molar refractivity (Wildman–Crippen MR) is 53.6 cm³/mol. The summed E-state index contributed by atoms with van der Waals surface area (Å²) in [5, 5.41) is 0. The molecule has 1 aromatic carbocycles. The molecule has 0 heterocycles. The van der Waals surface area contributed by atoms with E-state index in [1.54, 1.807) is 20.2 Å². The normalized spacial score (nSPS) is 9.77. The molecule has 1 rings (SSSR count). The van der Waals surface area contributed by atoms with E-state index in [4.69, 9.17) is 5.73 Å². The van der Waals surface area contributed by atoms with E-state index in [0.717, 1.165) is 5.56 Å². The molecule has 0 saturated carbocycles. The van der Waals surface area contributed by atoms with Gasteiger partial charge in [0.1, 0.15) is 0 Å². The molecule has 0 aromatic heterocycles. The lowest BCUT2D eigenvalue weighted by atomic mass is 10.1. The van der Waals surface area contributed by atoms with Crippen molar-refractivity contribution >= 4 is 11.6 Å². The maximum atomic E-state index is 11.5. The van der Waals surface area contributed by atoms with Gasteiger partial charge in [-0.2, -0.15) is 0 Å². The number of aryl methyl sites for hydroxylation is 1. The van der Waals surface area contributed by atoms with Gasteiger partial charge in [0, 0.05) is 25.3 Å². The summed E-state index contributed by atoms with van der Waals surface area (Å²) in [6.45, 7) is 1.92. The molecular formula is C10H14N2O. The molecule has 0 aliphatic rings. The van der Waals surface area contributed by atoms with Crippen LogP contribution >= 0.6 is 0 Å². The molecule has 0 spiro atoms. The number of carbonyl (C=O) groups is 1. The second kappa shape index (κ2) is 3.47. The quantitative estimate of drug-likeness (QED) is 0.658. The molecule has 0 radical (unpaired) electrons. The summed E-state index contributed by atoms with van der Waals surface area (Å²) in [6.07, 6.45) is 0. The smallest absolute Gasteiger partial charge is 0.253 e. The summed E-state index contributed by atoms with van der Waals surface area (Å²) in [4.78, 5) is 13.1. The number of benzene rings is 1. The zero-order chi connectivity index (χ0) is 10.0. The highest BCUT2D eigenvalue weighted by molar-refractivity contribution is 5.94. The molecule has 0 bridgehead atoms. The van der Waals surface area contributed by atoms with Crippen LogP contribution in [-0.2, 0) is 0 Å². The number of rotatable bonds is 1. The lowest BCUT2D eigenvalue weighted by molar-refractivity contribution is 0.0827. The zero-order valence-corrected chi connectivity index (χ0v) is 8.16. The van der Waals surface area contributed by atoms with E-state index in [1.165, 1.54) is 4.90 Å². The number of amides is 1. The molecule has 1 amide bonds. The molecule has 13 heavy (non-hydrogen) atoms. The van der Waals surface area contributed by atoms with Crippen molar-refractivity contribution in [3.05, 3.63) is 29.3 Å². The van der Waals surface area contributed by atoms with Gasteiger partial charge >= 0.3 is 0 Å². The van der Waals surface area contributed by atoms with Crippen LogP contribution in [0, 0.1) is 6.92 Å². The highest BCUT2D eigenvalue weighted by atomic mass is 16.2. The fourth-order valence-electron chi connectivity index (χ4n) is 1.19. The topological polar surface area (TPSA) is 46.3 Å². The first-order valence-corrected chi connectivity index (χ1v) is 4.09. The van der Waals surface area contributed by atoms with Gasteiger partial charge in [-0.05, 0) is 30.7 Å².